The highest BCUT2D eigenvalue weighted by Crippen LogP contribution is 2.19. The first-order valence-electron chi connectivity index (χ1n) is 11.5. The molecule has 6 nitrogen and oxygen atoms in total. The molecule has 0 radical (unpaired) electrons. The average Bonchev–Trinajstić information content (AvgIpc) is 2.84. The molecule has 8 heteroatoms. The number of hydrogen-bond acceptors (Lipinski definition) is 5. The van der Waals surface area contributed by atoms with Gasteiger partial charge >= 0.3 is 0 Å². The second kappa shape index (κ2) is 11.9. The number of nitrogens with zero attached hydrogens (tertiary/aromatic N) is 3. The summed E-state index contributed by atoms with van der Waals surface area (Å²) in [7, 11) is 0. The molecule has 0 aromatic heterocycles. The zero-order valence-corrected chi connectivity index (χ0v) is 19.6. The monoisotopic (exact) mass is 475 g/mol. The van der Waals surface area contributed by atoms with Crippen LogP contribution in [0.1, 0.15) is 15.9 Å². The van der Waals surface area contributed by atoms with E-state index in [4.69, 9.17) is 21.1 Å². The van der Waals surface area contributed by atoms with Gasteiger partial charge in [-0.3, -0.25) is 14.6 Å². The maximum Gasteiger partial charge on any atom is 0.256 e. The van der Waals surface area contributed by atoms with Crippen LogP contribution in [0.5, 0.6) is 0 Å². The van der Waals surface area contributed by atoms with E-state index >= 15 is 0 Å². The van der Waals surface area contributed by atoms with Crippen molar-refractivity contribution in [1.82, 2.24) is 14.7 Å². The van der Waals surface area contributed by atoms with Crippen molar-refractivity contribution in [1.29, 1.82) is 0 Å². The fraction of sp³-hybridized carbons (Fsp3) is 0.480. The number of carbonyl (C=O) groups excluding carboxylic acids is 1. The van der Waals surface area contributed by atoms with Gasteiger partial charge in [0.2, 0.25) is 0 Å². The van der Waals surface area contributed by atoms with Gasteiger partial charge in [0.25, 0.3) is 5.91 Å². The van der Waals surface area contributed by atoms with Crippen molar-refractivity contribution >= 4 is 17.5 Å². The van der Waals surface area contributed by atoms with E-state index in [9.17, 15) is 9.18 Å². The third-order valence-electron chi connectivity index (χ3n) is 6.18. The number of amides is 1. The van der Waals surface area contributed by atoms with E-state index in [1.165, 1.54) is 6.07 Å². The van der Waals surface area contributed by atoms with Gasteiger partial charge in [-0.2, -0.15) is 0 Å². The summed E-state index contributed by atoms with van der Waals surface area (Å²) in [5, 5.41) is 0.752. The molecule has 33 heavy (non-hydrogen) atoms. The Labute approximate surface area is 199 Å². The summed E-state index contributed by atoms with van der Waals surface area (Å²) < 4.78 is 25.8. The summed E-state index contributed by atoms with van der Waals surface area (Å²) in [6, 6.07) is 14.0. The zero-order valence-electron chi connectivity index (χ0n) is 18.8. The number of carbonyl (C=O) groups is 1. The summed E-state index contributed by atoms with van der Waals surface area (Å²) in [6.07, 6.45) is -0.151. The molecule has 4 rings (SSSR count). The van der Waals surface area contributed by atoms with Crippen LogP contribution in [0.3, 0.4) is 0 Å². The van der Waals surface area contributed by atoms with Gasteiger partial charge in [-0.05, 0) is 23.8 Å². The summed E-state index contributed by atoms with van der Waals surface area (Å²) in [4.78, 5) is 19.6. The van der Waals surface area contributed by atoms with Crippen molar-refractivity contribution in [3.05, 3.63) is 70.5 Å². The summed E-state index contributed by atoms with van der Waals surface area (Å²) >= 11 is 6.34. The molecule has 0 bridgehead atoms. The first-order chi connectivity index (χ1) is 16.1. The van der Waals surface area contributed by atoms with Crippen molar-refractivity contribution in [2.75, 3.05) is 65.6 Å². The predicted molar refractivity (Wildman–Crippen MR) is 126 cm³/mol. The van der Waals surface area contributed by atoms with Gasteiger partial charge in [0.1, 0.15) is 5.82 Å². The van der Waals surface area contributed by atoms with Gasteiger partial charge < -0.3 is 14.4 Å². The number of hydrogen-bond donors (Lipinski definition) is 0. The molecule has 2 heterocycles. The zero-order chi connectivity index (χ0) is 23.0. The topological polar surface area (TPSA) is 45.2 Å². The van der Waals surface area contributed by atoms with Crippen molar-refractivity contribution < 1.29 is 18.7 Å². The summed E-state index contributed by atoms with van der Waals surface area (Å²) in [5.74, 6) is -0.794. The molecule has 0 N–H and O–H groups in total. The SMILES string of the molecule is O=C(c1ccccc1F)N(CCN1CCOCC1)CC1CN(Cc2ccccc2Cl)CCO1. The molecule has 2 aliphatic heterocycles. The maximum atomic E-state index is 14.4. The predicted octanol–water partition coefficient (Wildman–Crippen LogP) is 3.15. The fourth-order valence-electron chi connectivity index (χ4n) is 4.32. The minimum absolute atomic E-state index is 0.100. The van der Waals surface area contributed by atoms with E-state index in [0.717, 1.165) is 43.3 Å². The Morgan fingerprint density at radius 2 is 1.76 bits per heavy atom. The molecule has 1 atom stereocenters. The molecular formula is C25H31ClFN3O3. The second-order valence-corrected chi connectivity index (χ2v) is 8.91. The highest BCUT2D eigenvalue weighted by molar-refractivity contribution is 6.31. The number of halogens is 2. The largest absolute Gasteiger partial charge is 0.379 e. The minimum Gasteiger partial charge on any atom is -0.379 e. The van der Waals surface area contributed by atoms with E-state index < -0.39 is 5.82 Å². The van der Waals surface area contributed by atoms with Gasteiger partial charge in [0.15, 0.2) is 0 Å². The lowest BCUT2D eigenvalue weighted by Gasteiger charge is -2.37. The maximum absolute atomic E-state index is 14.4. The standard InChI is InChI=1S/C25H31ClFN3O3/c26-23-7-3-1-5-20(23)17-29-13-16-33-21(18-29)19-30(10-9-28-11-14-32-15-12-28)25(31)22-6-2-4-8-24(22)27/h1-8,21H,9-19H2. The van der Waals surface area contributed by atoms with Gasteiger partial charge in [-0.15, -0.1) is 0 Å². The number of ether oxygens (including phenoxy) is 2. The smallest absolute Gasteiger partial charge is 0.256 e. The van der Waals surface area contributed by atoms with Crippen LogP contribution in [0.25, 0.3) is 0 Å². The van der Waals surface area contributed by atoms with Crippen molar-refractivity contribution in [2.24, 2.45) is 0 Å². The van der Waals surface area contributed by atoms with Crippen LogP contribution in [0.15, 0.2) is 48.5 Å². The van der Waals surface area contributed by atoms with Crippen molar-refractivity contribution in [3.8, 4) is 0 Å². The molecule has 1 amide bonds. The van der Waals surface area contributed by atoms with E-state index in [1.54, 1.807) is 23.1 Å². The van der Waals surface area contributed by atoms with Gasteiger partial charge in [-0.1, -0.05) is 41.9 Å². The Balaban J connectivity index is 1.42. The van der Waals surface area contributed by atoms with E-state index in [1.807, 2.05) is 24.3 Å². The lowest BCUT2D eigenvalue weighted by atomic mass is 10.1. The number of morpholine rings is 2. The van der Waals surface area contributed by atoms with Crippen LogP contribution in [-0.2, 0) is 16.0 Å². The van der Waals surface area contributed by atoms with Crippen molar-refractivity contribution in [2.45, 2.75) is 12.6 Å². The third-order valence-corrected chi connectivity index (χ3v) is 6.55. The Kier molecular flexibility index (Phi) is 8.69. The fourth-order valence-corrected chi connectivity index (χ4v) is 4.51. The van der Waals surface area contributed by atoms with Crippen molar-refractivity contribution in [3.63, 3.8) is 0 Å². The molecule has 2 aromatic carbocycles. The molecule has 2 aromatic rings. The number of benzene rings is 2. The Morgan fingerprint density at radius 3 is 2.55 bits per heavy atom. The molecular weight excluding hydrogens is 445 g/mol. The van der Waals surface area contributed by atoms with Gasteiger partial charge in [-0.25, -0.2) is 4.39 Å². The van der Waals surface area contributed by atoms with Crippen LogP contribution in [0.4, 0.5) is 4.39 Å². The van der Waals surface area contributed by atoms with E-state index in [0.29, 0.717) is 39.5 Å². The summed E-state index contributed by atoms with van der Waals surface area (Å²) in [6.45, 7) is 7.53. The average molecular weight is 476 g/mol. The van der Waals surface area contributed by atoms with Crippen LogP contribution < -0.4 is 0 Å². The quantitative estimate of drug-likeness (QED) is 0.587. The Hall–Kier alpha value is -2.03. The molecule has 0 aliphatic carbocycles. The lowest BCUT2D eigenvalue weighted by Crippen LogP contribution is -2.50. The van der Waals surface area contributed by atoms with E-state index in [-0.39, 0.29) is 17.6 Å². The first-order valence-corrected chi connectivity index (χ1v) is 11.9. The molecule has 2 fully saturated rings. The molecule has 0 saturated carbocycles. The van der Waals surface area contributed by atoms with E-state index in [2.05, 4.69) is 9.80 Å². The van der Waals surface area contributed by atoms with Crippen LogP contribution in [-0.4, -0.2) is 92.3 Å². The second-order valence-electron chi connectivity index (χ2n) is 8.50. The van der Waals surface area contributed by atoms with Gasteiger partial charge in [0, 0.05) is 57.4 Å². The minimum atomic E-state index is -0.496. The van der Waals surface area contributed by atoms with Crippen LogP contribution in [0, 0.1) is 5.82 Å². The molecule has 0 spiro atoms. The lowest BCUT2D eigenvalue weighted by molar-refractivity contribution is -0.0443. The Bertz CT molecular complexity index is 925. The highest BCUT2D eigenvalue weighted by Gasteiger charge is 2.27. The highest BCUT2D eigenvalue weighted by atomic mass is 35.5. The third kappa shape index (κ3) is 6.74. The first kappa shape index (κ1) is 24.1. The number of rotatable bonds is 8. The molecule has 1 unspecified atom stereocenters. The summed E-state index contributed by atoms with van der Waals surface area (Å²) in [5.41, 5.74) is 1.18. The normalized spacial score (nSPS) is 20.0. The Morgan fingerprint density at radius 1 is 1.03 bits per heavy atom. The van der Waals surface area contributed by atoms with Gasteiger partial charge in [0.05, 0.1) is 31.5 Å². The molecule has 178 valence electrons. The molecule has 2 aliphatic rings. The van der Waals surface area contributed by atoms with Crippen LogP contribution in [0.2, 0.25) is 5.02 Å². The molecule has 2 saturated heterocycles. The van der Waals surface area contributed by atoms with Crippen LogP contribution >= 0.6 is 11.6 Å².